The smallest absolute Gasteiger partial charge is 0.137 e. The molecule has 0 unspecified atom stereocenters. The van der Waals surface area contributed by atoms with E-state index in [-0.39, 0.29) is 11.7 Å². The Hall–Kier alpha value is -1.38. The van der Waals surface area contributed by atoms with Crippen LogP contribution in [0.5, 0.6) is 0 Å². The zero-order valence-corrected chi connectivity index (χ0v) is 9.29. The van der Waals surface area contributed by atoms with Gasteiger partial charge in [-0.3, -0.25) is 4.68 Å². The van der Waals surface area contributed by atoms with Gasteiger partial charge in [-0.1, -0.05) is 19.9 Å². The quantitative estimate of drug-likeness (QED) is 0.737. The molecule has 15 heavy (non-hydrogen) atoms. The van der Waals surface area contributed by atoms with E-state index in [1.54, 1.807) is 6.20 Å². The minimum atomic E-state index is -0.123. The molecule has 0 bridgehead atoms. The Morgan fingerprint density at radius 1 is 1.40 bits per heavy atom. The highest BCUT2D eigenvalue weighted by Gasteiger charge is 2.12. The van der Waals surface area contributed by atoms with Gasteiger partial charge in [-0.05, 0) is 24.5 Å². The van der Waals surface area contributed by atoms with Gasteiger partial charge in [-0.15, -0.1) is 0 Å². The van der Waals surface area contributed by atoms with Crippen molar-refractivity contribution >= 4 is 10.9 Å². The maximum Gasteiger partial charge on any atom is 0.137 e. The molecule has 0 aliphatic rings. The summed E-state index contributed by atoms with van der Waals surface area (Å²) in [6, 6.07) is 3.81. The van der Waals surface area contributed by atoms with E-state index in [4.69, 9.17) is 0 Å². The van der Waals surface area contributed by atoms with Crippen molar-refractivity contribution in [2.24, 2.45) is 0 Å². The summed E-state index contributed by atoms with van der Waals surface area (Å²) in [6.45, 7) is 6.76. The van der Waals surface area contributed by atoms with Gasteiger partial charge in [0.2, 0.25) is 0 Å². The fraction of sp³-hybridized carbons (Fsp3) is 0.417. The molecule has 1 aromatic carbocycles. The van der Waals surface area contributed by atoms with Crippen LogP contribution in [0.2, 0.25) is 0 Å². The third-order valence-electron chi connectivity index (χ3n) is 2.71. The van der Waals surface area contributed by atoms with Gasteiger partial charge in [0.15, 0.2) is 0 Å². The number of hydrogen-bond acceptors (Lipinski definition) is 1. The van der Waals surface area contributed by atoms with Gasteiger partial charge in [0.05, 0.1) is 17.1 Å². The number of hydrogen-bond donors (Lipinski definition) is 0. The van der Waals surface area contributed by atoms with Crippen molar-refractivity contribution in [2.75, 3.05) is 0 Å². The fourth-order valence-corrected chi connectivity index (χ4v) is 1.84. The summed E-state index contributed by atoms with van der Waals surface area (Å²) >= 11 is 0. The summed E-state index contributed by atoms with van der Waals surface area (Å²) in [6.07, 6.45) is 1.61. The van der Waals surface area contributed by atoms with E-state index in [2.05, 4.69) is 5.10 Å². The van der Waals surface area contributed by atoms with Gasteiger partial charge in [-0.25, -0.2) is 4.39 Å². The molecule has 0 saturated heterocycles. The lowest BCUT2D eigenvalue weighted by molar-refractivity contribution is 0.609. The molecule has 0 fully saturated rings. The minimum Gasteiger partial charge on any atom is -0.265 e. The van der Waals surface area contributed by atoms with E-state index in [0.717, 1.165) is 17.6 Å². The first-order valence-corrected chi connectivity index (χ1v) is 5.29. The van der Waals surface area contributed by atoms with Gasteiger partial charge in [-0.2, -0.15) is 5.10 Å². The van der Waals surface area contributed by atoms with Crippen LogP contribution in [0.3, 0.4) is 0 Å². The van der Waals surface area contributed by atoms with Crippen molar-refractivity contribution in [2.45, 2.75) is 33.2 Å². The van der Waals surface area contributed by atoms with Crippen molar-refractivity contribution in [1.29, 1.82) is 0 Å². The van der Waals surface area contributed by atoms with E-state index in [0.29, 0.717) is 5.39 Å². The van der Waals surface area contributed by atoms with Gasteiger partial charge < -0.3 is 0 Å². The Morgan fingerprint density at radius 3 is 2.73 bits per heavy atom. The Kier molecular flexibility index (Phi) is 2.47. The van der Waals surface area contributed by atoms with Crippen molar-refractivity contribution in [3.05, 3.63) is 29.7 Å². The van der Waals surface area contributed by atoms with Crippen LogP contribution in [0.25, 0.3) is 10.9 Å². The highest BCUT2D eigenvalue weighted by atomic mass is 19.1. The average molecular weight is 206 g/mol. The first-order valence-electron chi connectivity index (χ1n) is 5.29. The van der Waals surface area contributed by atoms with E-state index < -0.39 is 0 Å². The van der Waals surface area contributed by atoms with Crippen LogP contribution in [0.1, 0.15) is 32.3 Å². The Bertz CT molecular complexity index is 486. The van der Waals surface area contributed by atoms with Crippen molar-refractivity contribution in [3.8, 4) is 0 Å². The fourth-order valence-electron chi connectivity index (χ4n) is 1.84. The monoisotopic (exact) mass is 206 g/mol. The van der Waals surface area contributed by atoms with Crippen LogP contribution in [0, 0.1) is 5.82 Å². The highest BCUT2D eigenvalue weighted by Crippen LogP contribution is 2.25. The van der Waals surface area contributed by atoms with Crippen LogP contribution in [0.15, 0.2) is 18.3 Å². The lowest BCUT2D eigenvalue weighted by atomic mass is 10.0. The lowest BCUT2D eigenvalue weighted by Crippen LogP contribution is -1.97. The molecule has 80 valence electrons. The predicted octanol–water partition coefficient (Wildman–Crippen LogP) is 3.32. The molecule has 0 aliphatic heterocycles. The van der Waals surface area contributed by atoms with Crippen LogP contribution < -0.4 is 0 Å². The molecule has 0 amide bonds. The minimum absolute atomic E-state index is 0.123. The molecule has 3 heteroatoms. The third kappa shape index (κ3) is 1.52. The van der Waals surface area contributed by atoms with E-state index in [9.17, 15) is 4.39 Å². The van der Waals surface area contributed by atoms with Crippen molar-refractivity contribution < 1.29 is 4.39 Å². The van der Waals surface area contributed by atoms with Crippen LogP contribution in [-0.4, -0.2) is 9.78 Å². The molecule has 2 nitrogen and oxygen atoms in total. The normalized spacial score (nSPS) is 11.5. The molecular weight excluding hydrogens is 191 g/mol. The standard InChI is InChI=1S/C12H15FN2/c1-4-15-11-6-5-9(8(2)3)12(13)10(11)7-14-15/h5-8H,4H2,1-3H3. The number of aromatic nitrogens is 2. The molecule has 2 aromatic rings. The summed E-state index contributed by atoms with van der Waals surface area (Å²) < 4.78 is 15.8. The predicted molar refractivity (Wildman–Crippen MR) is 59.5 cm³/mol. The zero-order chi connectivity index (χ0) is 11.0. The molecule has 1 heterocycles. The molecule has 0 spiro atoms. The van der Waals surface area contributed by atoms with Gasteiger partial charge in [0.1, 0.15) is 5.82 Å². The number of rotatable bonds is 2. The van der Waals surface area contributed by atoms with Crippen LogP contribution >= 0.6 is 0 Å². The summed E-state index contributed by atoms with van der Waals surface area (Å²) in [7, 11) is 0. The molecule has 0 N–H and O–H groups in total. The lowest BCUT2D eigenvalue weighted by Gasteiger charge is -2.07. The van der Waals surface area contributed by atoms with Crippen molar-refractivity contribution in [1.82, 2.24) is 9.78 Å². The average Bonchev–Trinajstić information content (AvgIpc) is 2.61. The number of halogens is 1. The maximum atomic E-state index is 14.0. The van der Waals surface area contributed by atoms with Gasteiger partial charge in [0, 0.05) is 6.54 Å². The molecule has 2 rings (SSSR count). The van der Waals surface area contributed by atoms with Crippen LogP contribution in [-0.2, 0) is 6.54 Å². The third-order valence-corrected chi connectivity index (χ3v) is 2.71. The Labute approximate surface area is 88.7 Å². The molecule has 0 aliphatic carbocycles. The first-order chi connectivity index (χ1) is 7.15. The first kappa shape index (κ1) is 10.1. The molecular formula is C12H15FN2. The largest absolute Gasteiger partial charge is 0.265 e. The van der Waals surface area contributed by atoms with Crippen LogP contribution in [0.4, 0.5) is 4.39 Å². The second-order valence-corrected chi connectivity index (χ2v) is 4.02. The second-order valence-electron chi connectivity index (χ2n) is 4.02. The van der Waals surface area contributed by atoms with E-state index in [1.807, 2.05) is 37.6 Å². The number of benzene rings is 1. The summed E-state index contributed by atoms with van der Waals surface area (Å²) in [5.74, 6) is 0.0848. The van der Waals surface area contributed by atoms with E-state index >= 15 is 0 Å². The molecule has 1 aromatic heterocycles. The Morgan fingerprint density at radius 2 is 2.13 bits per heavy atom. The molecule has 0 atom stereocenters. The highest BCUT2D eigenvalue weighted by molar-refractivity contribution is 5.80. The van der Waals surface area contributed by atoms with Gasteiger partial charge in [0.25, 0.3) is 0 Å². The summed E-state index contributed by atoms with van der Waals surface area (Å²) in [5, 5.41) is 4.78. The van der Waals surface area contributed by atoms with Gasteiger partial charge >= 0.3 is 0 Å². The van der Waals surface area contributed by atoms with Crippen molar-refractivity contribution in [3.63, 3.8) is 0 Å². The zero-order valence-electron chi connectivity index (χ0n) is 9.29. The van der Waals surface area contributed by atoms with E-state index in [1.165, 1.54) is 0 Å². The summed E-state index contributed by atoms with van der Waals surface area (Å²) in [4.78, 5) is 0. The number of aryl methyl sites for hydroxylation is 1. The maximum absolute atomic E-state index is 14.0. The molecule has 0 saturated carbocycles. The number of fused-ring (bicyclic) bond motifs is 1. The SMILES string of the molecule is CCn1ncc2c(F)c(C(C)C)ccc21. The second kappa shape index (κ2) is 3.65. The summed E-state index contributed by atoms with van der Waals surface area (Å²) in [5.41, 5.74) is 1.64. The topological polar surface area (TPSA) is 17.8 Å². The number of nitrogens with zero attached hydrogens (tertiary/aromatic N) is 2. The Balaban J connectivity index is 2.70. The molecule has 0 radical (unpaired) electrons.